The largest absolute Gasteiger partial charge is 0.287 e. The van der Waals surface area contributed by atoms with Gasteiger partial charge in [-0.05, 0) is 25.0 Å². The van der Waals surface area contributed by atoms with Crippen molar-refractivity contribution in [2.24, 2.45) is 0 Å². The third-order valence-corrected chi connectivity index (χ3v) is 3.99. The Bertz CT molecular complexity index is 715. The van der Waals surface area contributed by atoms with Gasteiger partial charge < -0.3 is 0 Å². The van der Waals surface area contributed by atoms with Crippen LogP contribution in [0.1, 0.15) is 33.9 Å². The third kappa shape index (κ3) is 2.47. The highest BCUT2D eigenvalue weighted by Gasteiger charge is 2.17. The zero-order chi connectivity index (χ0) is 13.9. The molecule has 0 spiro atoms. The highest BCUT2D eigenvalue weighted by Crippen LogP contribution is 2.25. The summed E-state index contributed by atoms with van der Waals surface area (Å²) in [6.45, 7) is 0. The molecule has 2 aromatic rings. The van der Waals surface area contributed by atoms with Gasteiger partial charge in [0.2, 0.25) is 5.78 Å². The van der Waals surface area contributed by atoms with Gasteiger partial charge in [0, 0.05) is 11.0 Å². The Kier molecular flexibility index (Phi) is 3.56. The Labute approximate surface area is 120 Å². The van der Waals surface area contributed by atoms with E-state index in [4.69, 9.17) is 0 Å². The van der Waals surface area contributed by atoms with Crippen molar-refractivity contribution in [2.75, 3.05) is 0 Å². The maximum atomic E-state index is 13.6. The van der Waals surface area contributed by atoms with Crippen LogP contribution in [0.4, 0.5) is 4.39 Å². The molecule has 4 heteroatoms. The molecule has 1 aliphatic carbocycles. The Morgan fingerprint density at radius 3 is 2.85 bits per heavy atom. The molecule has 0 aliphatic heterocycles. The number of allylic oxidation sites excluding steroid dienone is 4. The Morgan fingerprint density at radius 1 is 1.25 bits per heavy atom. The number of carbonyl (C=O) groups excluding carboxylic acids is 1. The third-order valence-electron chi connectivity index (χ3n) is 3.10. The molecule has 2 nitrogen and oxygen atoms in total. The highest BCUT2D eigenvalue weighted by molar-refractivity contribution is 7.11. The molecular weight excluding hydrogens is 273 g/mol. The molecule has 0 amide bonds. The van der Waals surface area contributed by atoms with Crippen molar-refractivity contribution in [3.8, 4) is 0 Å². The van der Waals surface area contributed by atoms with E-state index in [9.17, 15) is 9.18 Å². The molecule has 0 radical (unpaired) electrons. The first-order chi connectivity index (χ1) is 9.75. The van der Waals surface area contributed by atoms with Gasteiger partial charge in [0.15, 0.2) is 0 Å². The molecule has 1 heterocycles. The maximum Gasteiger partial charge on any atom is 0.215 e. The van der Waals surface area contributed by atoms with Gasteiger partial charge in [-0.1, -0.05) is 30.4 Å². The summed E-state index contributed by atoms with van der Waals surface area (Å²) in [5, 5.41) is 2.49. The summed E-state index contributed by atoms with van der Waals surface area (Å²) < 4.78 is 13.6. The van der Waals surface area contributed by atoms with Crippen LogP contribution >= 0.6 is 11.3 Å². The molecule has 0 atom stereocenters. The highest BCUT2D eigenvalue weighted by atomic mass is 32.1. The first-order valence-electron chi connectivity index (χ1n) is 6.37. The van der Waals surface area contributed by atoms with Gasteiger partial charge in [0.25, 0.3) is 0 Å². The quantitative estimate of drug-likeness (QED) is 0.789. The van der Waals surface area contributed by atoms with Crippen LogP contribution in [0.5, 0.6) is 0 Å². The van der Waals surface area contributed by atoms with Crippen LogP contribution in [-0.4, -0.2) is 10.8 Å². The zero-order valence-electron chi connectivity index (χ0n) is 10.7. The fourth-order valence-corrected chi connectivity index (χ4v) is 2.89. The molecule has 1 aromatic carbocycles. The van der Waals surface area contributed by atoms with Gasteiger partial charge in [0.1, 0.15) is 16.5 Å². The van der Waals surface area contributed by atoms with Gasteiger partial charge in [-0.3, -0.25) is 4.79 Å². The predicted molar refractivity (Wildman–Crippen MR) is 78.3 cm³/mol. The lowest BCUT2D eigenvalue weighted by molar-refractivity contribution is 0.103. The number of carbonyl (C=O) groups is 1. The zero-order valence-corrected chi connectivity index (χ0v) is 11.5. The van der Waals surface area contributed by atoms with Crippen LogP contribution in [-0.2, 0) is 0 Å². The second-order valence-electron chi connectivity index (χ2n) is 4.49. The molecule has 3 rings (SSSR count). The minimum absolute atomic E-state index is 0.0671. The van der Waals surface area contributed by atoms with Crippen molar-refractivity contribution >= 4 is 22.7 Å². The van der Waals surface area contributed by atoms with Crippen molar-refractivity contribution in [3.63, 3.8) is 0 Å². The van der Waals surface area contributed by atoms with Crippen LogP contribution in [0.25, 0.3) is 5.57 Å². The van der Waals surface area contributed by atoms with Gasteiger partial charge >= 0.3 is 0 Å². The summed E-state index contributed by atoms with van der Waals surface area (Å²) >= 11 is 1.41. The predicted octanol–water partition coefficient (Wildman–Crippen LogP) is 4.25. The molecule has 0 unspecified atom stereocenters. The number of nitrogens with zero attached hydrogens (tertiary/aromatic N) is 1. The van der Waals surface area contributed by atoms with E-state index in [0.717, 1.165) is 23.4 Å². The van der Waals surface area contributed by atoms with Gasteiger partial charge in [-0.15, -0.1) is 11.3 Å². The number of hydrogen-bond acceptors (Lipinski definition) is 3. The van der Waals surface area contributed by atoms with Gasteiger partial charge in [-0.2, -0.15) is 0 Å². The van der Waals surface area contributed by atoms with Crippen molar-refractivity contribution in [3.05, 3.63) is 70.0 Å². The molecule has 0 N–H and O–H groups in total. The van der Waals surface area contributed by atoms with Crippen molar-refractivity contribution < 1.29 is 9.18 Å². The average Bonchev–Trinajstić information content (AvgIpc) is 2.98. The molecule has 20 heavy (non-hydrogen) atoms. The average molecular weight is 285 g/mol. The van der Waals surface area contributed by atoms with Crippen LogP contribution in [0.15, 0.2) is 47.9 Å². The Balaban J connectivity index is 1.91. The Hall–Kier alpha value is -2.07. The van der Waals surface area contributed by atoms with Crippen LogP contribution < -0.4 is 0 Å². The van der Waals surface area contributed by atoms with Crippen LogP contribution in [0, 0.1) is 5.82 Å². The number of thiazole rings is 1. The molecule has 0 saturated heterocycles. The fraction of sp³-hybridized carbons (Fsp3) is 0.125. The normalized spacial score (nSPS) is 14.2. The summed E-state index contributed by atoms with van der Waals surface area (Å²) in [5.74, 6) is -0.880. The number of rotatable bonds is 3. The van der Waals surface area contributed by atoms with Crippen molar-refractivity contribution in [1.82, 2.24) is 4.98 Å². The first kappa shape index (κ1) is 12.9. The van der Waals surface area contributed by atoms with Gasteiger partial charge in [0.05, 0.1) is 5.56 Å². The van der Waals surface area contributed by atoms with E-state index >= 15 is 0 Å². The molecule has 100 valence electrons. The molecule has 0 bridgehead atoms. The molecule has 1 aromatic heterocycles. The molecule has 0 fully saturated rings. The SMILES string of the molecule is O=C(c1csc(C2=CCCC=C2)n1)c1ccccc1F. The fourth-order valence-electron chi connectivity index (χ4n) is 2.07. The number of hydrogen-bond donors (Lipinski definition) is 0. The van der Waals surface area contributed by atoms with Crippen molar-refractivity contribution in [2.45, 2.75) is 12.8 Å². The lowest BCUT2D eigenvalue weighted by Crippen LogP contribution is -2.04. The lowest BCUT2D eigenvalue weighted by Gasteiger charge is -2.02. The van der Waals surface area contributed by atoms with Crippen molar-refractivity contribution in [1.29, 1.82) is 0 Å². The number of halogens is 1. The second kappa shape index (κ2) is 5.51. The van der Waals surface area contributed by atoms with E-state index in [1.807, 2.05) is 6.08 Å². The van der Waals surface area contributed by atoms with E-state index in [2.05, 4.69) is 17.1 Å². The summed E-state index contributed by atoms with van der Waals surface area (Å²) in [6.07, 6.45) is 8.24. The van der Waals surface area contributed by atoms with Crippen LogP contribution in [0.3, 0.4) is 0 Å². The molecular formula is C16H12FNOS. The standard InChI is InChI=1S/C16H12FNOS/c17-13-9-5-4-8-12(13)15(19)14-10-20-16(18-14)11-6-2-1-3-7-11/h2,4-10H,1,3H2. The maximum absolute atomic E-state index is 13.6. The van der Waals surface area contributed by atoms with E-state index in [1.165, 1.54) is 23.5 Å². The minimum Gasteiger partial charge on any atom is -0.287 e. The summed E-state index contributed by atoms with van der Waals surface area (Å²) in [4.78, 5) is 16.6. The Morgan fingerprint density at radius 2 is 2.10 bits per heavy atom. The van der Waals surface area contributed by atoms with E-state index in [0.29, 0.717) is 5.69 Å². The first-order valence-corrected chi connectivity index (χ1v) is 7.25. The summed E-state index contributed by atoms with van der Waals surface area (Å²) in [5.41, 5.74) is 1.40. The molecule has 1 aliphatic rings. The van der Waals surface area contributed by atoms with Gasteiger partial charge in [-0.25, -0.2) is 9.37 Å². The number of benzene rings is 1. The van der Waals surface area contributed by atoms with Crippen LogP contribution in [0.2, 0.25) is 0 Å². The molecule has 0 saturated carbocycles. The second-order valence-corrected chi connectivity index (χ2v) is 5.34. The lowest BCUT2D eigenvalue weighted by atomic mass is 10.1. The monoisotopic (exact) mass is 285 g/mol. The number of aromatic nitrogens is 1. The van der Waals surface area contributed by atoms with E-state index in [-0.39, 0.29) is 11.3 Å². The smallest absolute Gasteiger partial charge is 0.215 e. The van der Waals surface area contributed by atoms with E-state index in [1.54, 1.807) is 17.5 Å². The summed E-state index contributed by atoms with van der Waals surface area (Å²) in [7, 11) is 0. The van der Waals surface area contributed by atoms with E-state index < -0.39 is 5.82 Å². The topological polar surface area (TPSA) is 30.0 Å². The number of ketones is 1. The summed E-state index contributed by atoms with van der Waals surface area (Å²) in [6, 6.07) is 5.98. The minimum atomic E-state index is -0.510.